The van der Waals surface area contributed by atoms with E-state index in [2.05, 4.69) is 20.8 Å². The summed E-state index contributed by atoms with van der Waals surface area (Å²) in [5.74, 6) is 0.931. The predicted octanol–water partition coefficient (Wildman–Crippen LogP) is 2.57. The van der Waals surface area contributed by atoms with Crippen LogP contribution in [0.3, 0.4) is 0 Å². The molecule has 106 valence electrons. The van der Waals surface area contributed by atoms with E-state index in [1.165, 1.54) is 6.42 Å². The number of likely N-dealkylation sites (tertiary alicyclic amines) is 1. The Morgan fingerprint density at radius 2 is 1.83 bits per heavy atom. The van der Waals surface area contributed by atoms with Crippen LogP contribution in [0.25, 0.3) is 0 Å². The fourth-order valence-electron chi connectivity index (χ4n) is 2.83. The first kappa shape index (κ1) is 15.8. The molecule has 1 amide bonds. The first-order chi connectivity index (χ1) is 7.83. The molecule has 2 N–H and O–H groups in total. The van der Waals surface area contributed by atoms with Crippen LogP contribution in [-0.2, 0) is 4.79 Å². The zero-order chi connectivity index (χ0) is 12.7. The third-order valence-corrected chi connectivity index (χ3v) is 4.45. The fourth-order valence-corrected chi connectivity index (χ4v) is 2.83. The van der Waals surface area contributed by atoms with Gasteiger partial charge in [0.15, 0.2) is 0 Å². The number of hydrogen-bond acceptors (Lipinski definition) is 2. The lowest BCUT2D eigenvalue weighted by Crippen LogP contribution is -2.46. The molecule has 0 aromatic rings. The summed E-state index contributed by atoms with van der Waals surface area (Å²) < 4.78 is 0. The number of nitrogens with two attached hydrogens (primary N) is 1. The van der Waals surface area contributed by atoms with Crippen molar-refractivity contribution in [2.24, 2.45) is 17.1 Å². The van der Waals surface area contributed by atoms with Gasteiger partial charge in [0.25, 0.3) is 0 Å². The number of carbonyl (C=O) groups excluding carboxylic acids is 1. The standard InChI is InChI=1S/C14H26N2O.ClH/c1-13(2,3)11-5-4-9-16(10-6-11)12(17)14(15)7-8-14;/h11H,4-10,15H2,1-3H3;1H. The molecule has 0 bridgehead atoms. The number of nitrogens with zero attached hydrogens (tertiary/aromatic N) is 1. The van der Waals surface area contributed by atoms with Crippen LogP contribution in [0.15, 0.2) is 0 Å². The molecule has 4 heteroatoms. The van der Waals surface area contributed by atoms with Crippen molar-refractivity contribution in [3.05, 3.63) is 0 Å². The molecule has 1 heterocycles. The number of halogens is 1. The molecule has 0 radical (unpaired) electrons. The molecule has 18 heavy (non-hydrogen) atoms. The molecule has 1 aliphatic carbocycles. The van der Waals surface area contributed by atoms with Gasteiger partial charge in [-0.25, -0.2) is 0 Å². The van der Waals surface area contributed by atoms with Crippen molar-refractivity contribution >= 4 is 18.3 Å². The van der Waals surface area contributed by atoms with Crippen LogP contribution >= 0.6 is 12.4 Å². The Hall–Kier alpha value is -0.280. The lowest BCUT2D eigenvalue weighted by molar-refractivity contribution is -0.133. The summed E-state index contributed by atoms with van der Waals surface area (Å²) in [7, 11) is 0. The molecule has 2 aliphatic rings. The van der Waals surface area contributed by atoms with E-state index < -0.39 is 5.54 Å². The number of carbonyl (C=O) groups is 1. The second kappa shape index (κ2) is 5.38. The Balaban J connectivity index is 0.00000162. The Morgan fingerprint density at radius 1 is 1.22 bits per heavy atom. The van der Waals surface area contributed by atoms with Gasteiger partial charge in [-0.1, -0.05) is 20.8 Å². The molecule has 2 fully saturated rings. The minimum Gasteiger partial charge on any atom is -0.341 e. The summed E-state index contributed by atoms with van der Waals surface area (Å²) in [6, 6.07) is 0. The van der Waals surface area contributed by atoms with E-state index in [0.717, 1.165) is 44.7 Å². The zero-order valence-corrected chi connectivity index (χ0v) is 12.7. The number of hydrogen-bond donors (Lipinski definition) is 1. The number of amides is 1. The zero-order valence-electron chi connectivity index (χ0n) is 11.9. The molecular weight excluding hydrogens is 248 g/mol. The lowest BCUT2D eigenvalue weighted by atomic mass is 9.77. The monoisotopic (exact) mass is 274 g/mol. The van der Waals surface area contributed by atoms with Gasteiger partial charge < -0.3 is 10.6 Å². The SMILES string of the molecule is CC(C)(C)C1CCCN(C(=O)C2(N)CC2)CC1.Cl. The Bertz CT molecular complexity index is 307. The second-order valence-electron chi connectivity index (χ2n) is 6.94. The summed E-state index contributed by atoms with van der Waals surface area (Å²) >= 11 is 0. The summed E-state index contributed by atoms with van der Waals surface area (Å²) in [4.78, 5) is 14.2. The Morgan fingerprint density at radius 3 is 2.33 bits per heavy atom. The van der Waals surface area contributed by atoms with E-state index in [9.17, 15) is 4.79 Å². The highest BCUT2D eigenvalue weighted by Crippen LogP contribution is 2.37. The van der Waals surface area contributed by atoms with Crippen LogP contribution in [0.5, 0.6) is 0 Å². The van der Waals surface area contributed by atoms with Crippen LogP contribution in [0.1, 0.15) is 52.9 Å². The van der Waals surface area contributed by atoms with Gasteiger partial charge in [0.2, 0.25) is 5.91 Å². The molecule has 1 unspecified atom stereocenters. The summed E-state index contributed by atoms with van der Waals surface area (Å²) in [5, 5.41) is 0. The molecule has 1 aliphatic heterocycles. The third-order valence-electron chi connectivity index (χ3n) is 4.45. The molecule has 3 nitrogen and oxygen atoms in total. The van der Waals surface area contributed by atoms with E-state index in [1.807, 2.05) is 4.90 Å². The average molecular weight is 275 g/mol. The third kappa shape index (κ3) is 3.39. The van der Waals surface area contributed by atoms with Gasteiger partial charge >= 0.3 is 0 Å². The van der Waals surface area contributed by atoms with Crippen molar-refractivity contribution < 1.29 is 4.79 Å². The maximum atomic E-state index is 12.2. The normalized spacial score (nSPS) is 27.1. The molecule has 0 aromatic heterocycles. The summed E-state index contributed by atoms with van der Waals surface area (Å²) in [5.41, 5.74) is 5.88. The second-order valence-corrected chi connectivity index (χ2v) is 6.94. The van der Waals surface area contributed by atoms with Crippen LogP contribution in [0.2, 0.25) is 0 Å². The Labute approximate surface area is 117 Å². The first-order valence-corrected chi connectivity index (χ1v) is 6.91. The highest BCUT2D eigenvalue weighted by Gasteiger charge is 2.48. The minimum atomic E-state index is -0.485. The van der Waals surface area contributed by atoms with Gasteiger partial charge in [-0.05, 0) is 43.4 Å². The summed E-state index contributed by atoms with van der Waals surface area (Å²) in [6.45, 7) is 8.73. The molecule has 1 saturated heterocycles. The van der Waals surface area contributed by atoms with Crippen LogP contribution in [0.4, 0.5) is 0 Å². The van der Waals surface area contributed by atoms with E-state index in [0.29, 0.717) is 5.41 Å². The topological polar surface area (TPSA) is 46.3 Å². The van der Waals surface area contributed by atoms with Crippen molar-refractivity contribution in [1.29, 1.82) is 0 Å². The van der Waals surface area contributed by atoms with Crippen LogP contribution in [0, 0.1) is 11.3 Å². The fraction of sp³-hybridized carbons (Fsp3) is 0.929. The van der Waals surface area contributed by atoms with Gasteiger partial charge in [-0.2, -0.15) is 0 Å². The molecule has 1 saturated carbocycles. The molecule has 0 spiro atoms. The number of rotatable bonds is 1. The first-order valence-electron chi connectivity index (χ1n) is 6.91. The quantitative estimate of drug-likeness (QED) is 0.799. The maximum absolute atomic E-state index is 12.2. The summed E-state index contributed by atoms with van der Waals surface area (Å²) in [6.07, 6.45) is 5.26. The lowest BCUT2D eigenvalue weighted by Gasteiger charge is -2.30. The molecule has 1 atom stereocenters. The van der Waals surface area contributed by atoms with Gasteiger partial charge in [0, 0.05) is 13.1 Å². The Kier molecular flexibility index (Phi) is 4.71. The maximum Gasteiger partial charge on any atom is 0.242 e. The molecule has 2 rings (SSSR count). The van der Waals surface area contributed by atoms with Gasteiger partial charge in [-0.15, -0.1) is 12.4 Å². The van der Waals surface area contributed by atoms with Crippen molar-refractivity contribution in [3.63, 3.8) is 0 Å². The smallest absolute Gasteiger partial charge is 0.242 e. The van der Waals surface area contributed by atoms with Gasteiger partial charge in [0.1, 0.15) is 0 Å². The highest BCUT2D eigenvalue weighted by molar-refractivity contribution is 5.89. The van der Waals surface area contributed by atoms with E-state index >= 15 is 0 Å². The van der Waals surface area contributed by atoms with Crippen molar-refractivity contribution in [3.8, 4) is 0 Å². The van der Waals surface area contributed by atoms with Gasteiger partial charge in [0.05, 0.1) is 5.54 Å². The van der Waals surface area contributed by atoms with Crippen LogP contribution in [-0.4, -0.2) is 29.4 Å². The van der Waals surface area contributed by atoms with Crippen LogP contribution < -0.4 is 5.73 Å². The van der Waals surface area contributed by atoms with Gasteiger partial charge in [-0.3, -0.25) is 4.79 Å². The van der Waals surface area contributed by atoms with Crippen molar-refractivity contribution in [2.45, 2.75) is 58.4 Å². The predicted molar refractivity (Wildman–Crippen MR) is 76.8 cm³/mol. The minimum absolute atomic E-state index is 0. The average Bonchev–Trinajstić information content (AvgIpc) is 2.99. The van der Waals surface area contributed by atoms with Crippen molar-refractivity contribution in [2.75, 3.05) is 13.1 Å². The largest absolute Gasteiger partial charge is 0.341 e. The van der Waals surface area contributed by atoms with E-state index in [1.54, 1.807) is 0 Å². The highest BCUT2D eigenvalue weighted by atomic mass is 35.5. The van der Waals surface area contributed by atoms with Crippen molar-refractivity contribution in [1.82, 2.24) is 4.90 Å². The molecular formula is C14H27ClN2O. The van der Waals surface area contributed by atoms with E-state index in [-0.39, 0.29) is 18.3 Å². The molecule has 0 aromatic carbocycles. The van der Waals surface area contributed by atoms with E-state index in [4.69, 9.17) is 5.73 Å².